The monoisotopic (exact) mass is 478 g/mol. The summed E-state index contributed by atoms with van der Waals surface area (Å²) in [6.07, 6.45) is 0. The van der Waals surface area contributed by atoms with Gasteiger partial charge in [-0.05, 0) is 62.7 Å². The highest BCUT2D eigenvalue weighted by Crippen LogP contribution is 2.24. The first-order chi connectivity index (χ1) is 14.9. The van der Waals surface area contributed by atoms with Gasteiger partial charge in [-0.3, -0.25) is 4.79 Å². The van der Waals surface area contributed by atoms with Gasteiger partial charge in [0.05, 0.1) is 10.6 Å². The number of ketones is 1. The van der Waals surface area contributed by atoms with E-state index in [0.717, 1.165) is 6.07 Å². The molecule has 168 valence electrons. The quantitative estimate of drug-likeness (QED) is 0.427. The Morgan fingerprint density at radius 1 is 1.09 bits per heavy atom. The topological polar surface area (TPSA) is 108 Å². The highest BCUT2D eigenvalue weighted by Gasteiger charge is 2.21. The van der Waals surface area contributed by atoms with Crippen LogP contribution in [0.15, 0.2) is 47.4 Å². The largest absolute Gasteiger partial charge is 0.454 e. The number of carbonyl (C=O) groups excluding carboxylic acids is 2. The number of benzene rings is 2. The molecule has 0 saturated heterocycles. The average Bonchev–Trinajstić information content (AvgIpc) is 3.01. The summed E-state index contributed by atoms with van der Waals surface area (Å²) in [6, 6.07) is 9.86. The van der Waals surface area contributed by atoms with Crippen LogP contribution in [0.25, 0.3) is 5.69 Å². The van der Waals surface area contributed by atoms with E-state index in [1.165, 1.54) is 18.2 Å². The molecule has 0 aliphatic heterocycles. The fourth-order valence-electron chi connectivity index (χ4n) is 3.30. The van der Waals surface area contributed by atoms with Crippen LogP contribution in [0.1, 0.15) is 37.7 Å². The van der Waals surface area contributed by atoms with Gasteiger partial charge in [0, 0.05) is 22.6 Å². The number of rotatable bonds is 6. The number of nitrogens with two attached hydrogens (primary N) is 1. The third-order valence-corrected chi connectivity index (χ3v) is 6.35. The molecular formula is C22H20ClFN2O5S. The second kappa shape index (κ2) is 8.85. The van der Waals surface area contributed by atoms with Crippen molar-refractivity contribution in [2.45, 2.75) is 25.7 Å². The van der Waals surface area contributed by atoms with E-state index < -0.39 is 33.3 Å². The van der Waals surface area contributed by atoms with Crippen LogP contribution < -0.4 is 5.14 Å². The molecule has 0 aliphatic rings. The van der Waals surface area contributed by atoms with E-state index in [4.69, 9.17) is 21.5 Å². The number of aromatic nitrogens is 1. The first-order valence-corrected chi connectivity index (χ1v) is 11.3. The molecule has 1 heterocycles. The predicted molar refractivity (Wildman–Crippen MR) is 117 cm³/mol. The maximum absolute atomic E-state index is 14.0. The zero-order chi connectivity index (χ0) is 23.8. The Kier molecular flexibility index (Phi) is 6.54. The van der Waals surface area contributed by atoms with Gasteiger partial charge in [-0.2, -0.15) is 0 Å². The number of halogens is 2. The SMILES string of the molecule is Cc1ccc(-n2c(C)cc(C(=O)COC(=O)c3ccc(Cl)c(S(N)(=O)=O)c3)c2C)cc1F. The lowest BCUT2D eigenvalue weighted by Crippen LogP contribution is -2.17. The number of Topliss-reactive ketones (excluding diaryl/α,β-unsaturated/α-hetero) is 1. The number of hydrogen-bond acceptors (Lipinski definition) is 5. The summed E-state index contributed by atoms with van der Waals surface area (Å²) in [5.41, 5.74) is 2.54. The summed E-state index contributed by atoms with van der Waals surface area (Å²) in [5.74, 6) is -1.74. The Morgan fingerprint density at radius 2 is 1.78 bits per heavy atom. The van der Waals surface area contributed by atoms with Gasteiger partial charge < -0.3 is 9.30 Å². The molecule has 1 aromatic heterocycles. The molecule has 0 radical (unpaired) electrons. The summed E-state index contributed by atoms with van der Waals surface area (Å²) in [4.78, 5) is 24.6. The molecule has 0 aliphatic carbocycles. The van der Waals surface area contributed by atoms with Crippen molar-refractivity contribution in [1.29, 1.82) is 0 Å². The molecule has 3 aromatic rings. The summed E-state index contributed by atoms with van der Waals surface area (Å²) < 4.78 is 43.9. The molecule has 0 fully saturated rings. The fourth-order valence-corrected chi connectivity index (χ4v) is 4.38. The van der Waals surface area contributed by atoms with Crippen LogP contribution in [0, 0.1) is 26.6 Å². The standard InChI is InChI=1S/C22H20ClFN2O5S/c1-12-4-6-16(10-19(12)24)26-13(2)8-17(14(26)3)20(27)11-31-22(28)15-5-7-18(23)21(9-15)32(25,29)30/h4-10H,11H2,1-3H3,(H2,25,29,30). The Labute approximate surface area is 189 Å². The predicted octanol–water partition coefficient (Wildman–Crippen LogP) is 3.88. The Morgan fingerprint density at radius 3 is 2.41 bits per heavy atom. The molecule has 0 bridgehead atoms. The zero-order valence-corrected chi connectivity index (χ0v) is 19.1. The van der Waals surface area contributed by atoms with Crippen LogP contribution in [0.4, 0.5) is 4.39 Å². The van der Waals surface area contributed by atoms with Crippen molar-refractivity contribution in [2.75, 3.05) is 6.61 Å². The van der Waals surface area contributed by atoms with Gasteiger partial charge in [0.15, 0.2) is 6.61 Å². The van der Waals surface area contributed by atoms with Crippen LogP contribution in [0.2, 0.25) is 5.02 Å². The summed E-state index contributed by atoms with van der Waals surface area (Å²) in [5, 5.41) is 4.94. The number of nitrogens with zero attached hydrogens (tertiary/aromatic N) is 1. The molecule has 3 rings (SSSR count). The normalized spacial score (nSPS) is 11.4. The van der Waals surface area contributed by atoms with Crippen molar-refractivity contribution in [1.82, 2.24) is 4.57 Å². The van der Waals surface area contributed by atoms with E-state index in [2.05, 4.69) is 0 Å². The van der Waals surface area contributed by atoms with Gasteiger partial charge in [-0.1, -0.05) is 17.7 Å². The number of esters is 1. The van der Waals surface area contributed by atoms with Crippen LogP contribution in [-0.4, -0.2) is 31.3 Å². The van der Waals surface area contributed by atoms with Crippen LogP contribution >= 0.6 is 11.6 Å². The van der Waals surface area contributed by atoms with Crippen molar-refractivity contribution < 1.29 is 27.1 Å². The Bertz CT molecular complexity index is 1350. The lowest BCUT2D eigenvalue weighted by Gasteiger charge is -2.11. The van der Waals surface area contributed by atoms with Crippen LogP contribution in [0.3, 0.4) is 0 Å². The van der Waals surface area contributed by atoms with Gasteiger partial charge in [0.25, 0.3) is 0 Å². The van der Waals surface area contributed by atoms with Crippen molar-refractivity contribution in [3.63, 3.8) is 0 Å². The maximum atomic E-state index is 14.0. The number of sulfonamides is 1. The lowest BCUT2D eigenvalue weighted by molar-refractivity contribution is 0.0474. The molecule has 0 unspecified atom stereocenters. The molecule has 0 amide bonds. The molecule has 0 spiro atoms. The molecule has 0 atom stereocenters. The molecular weight excluding hydrogens is 459 g/mol. The Balaban J connectivity index is 1.80. The van der Waals surface area contributed by atoms with Crippen LogP contribution in [-0.2, 0) is 14.8 Å². The van der Waals surface area contributed by atoms with E-state index in [1.807, 2.05) is 0 Å². The smallest absolute Gasteiger partial charge is 0.338 e. The van der Waals surface area contributed by atoms with Gasteiger partial charge >= 0.3 is 5.97 Å². The van der Waals surface area contributed by atoms with Gasteiger partial charge in [-0.25, -0.2) is 22.7 Å². The van der Waals surface area contributed by atoms with Crippen molar-refractivity contribution in [3.05, 3.63) is 81.4 Å². The zero-order valence-electron chi connectivity index (χ0n) is 17.5. The molecule has 2 N–H and O–H groups in total. The minimum Gasteiger partial charge on any atom is -0.454 e. The third-order valence-electron chi connectivity index (χ3n) is 4.95. The number of ether oxygens (including phenoxy) is 1. The fraction of sp³-hybridized carbons (Fsp3) is 0.182. The van der Waals surface area contributed by atoms with Gasteiger partial charge in [-0.15, -0.1) is 0 Å². The van der Waals surface area contributed by atoms with E-state index >= 15 is 0 Å². The Hall–Kier alpha value is -3.01. The van der Waals surface area contributed by atoms with Crippen molar-refractivity contribution in [2.24, 2.45) is 5.14 Å². The molecule has 0 saturated carbocycles. The van der Waals surface area contributed by atoms with Crippen LogP contribution in [0.5, 0.6) is 0 Å². The van der Waals surface area contributed by atoms with E-state index in [0.29, 0.717) is 28.2 Å². The van der Waals surface area contributed by atoms with E-state index in [-0.39, 0.29) is 16.4 Å². The van der Waals surface area contributed by atoms with Gasteiger partial charge in [0.2, 0.25) is 15.8 Å². The third kappa shape index (κ3) is 4.74. The van der Waals surface area contributed by atoms with Crippen molar-refractivity contribution in [3.8, 4) is 5.69 Å². The highest BCUT2D eigenvalue weighted by atomic mass is 35.5. The molecule has 2 aromatic carbocycles. The van der Waals surface area contributed by atoms with E-state index in [1.54, 1.807) is 43.5 Å². The summed E-state index contributed by atoms with van der Waals surface area (Å²) >= 11 is 5.81. The maximum Gasteiger partial charge on any atom is 0.338 e. The molecule has 7 nitrogen and oxygen atoms in total. The van der Waals surface area contributed by atoms with E-state index in [9.17, 15) is 22.4 Å². The number of carbonyl (C=O) groups is 2. The molecule has 10 heteroatoms. The summed E-state index contributed by atoms with van der Waals surface area (Å²) in [6.45, 7) is 4.57. The van der Waals surface area contributed by atoms with Gasteiger partial charge in [0.1, 0.15) is 10.7 Å². The highest BCUT2D eigenvalue weighted by molar-refractivity contribution is 7.89. The number of primary sulfonamides is 1. The summed E-state index contributed by atoms with van der Waals surface area (Å²) in [7, 11) is -4.14. The lowest BCUT2D eigenvalue weighted by atomic mass is 10.1. The average molecular weight is 479 g/mol. The number of hydrogen-bond donors (Lipinski definition) is 1. The van der Waals surface area contributed by atoms with Crippen molar-refractivity contribution >= 4 is 33.4 Å². The molecule has 32 heavy (non-hydrogen) atoms. The second-order valence-electron chi connectivity index (χ2n) is 7.24. The first-order valence-electron chi connectivity index (χ1n) is 9.38. The minimum absolute atomic E-state index is 0.119. The first kappa shape index (κ1) is 23.6. The minimum atomic E-state index is -4.14. The number of aryl methyl sites for hydroxylation is 2. The second-order valence-corrected chi connectivity index (χ2v) is 9.18.